The van der Waals surface area contributed by atoms with Crippen molar-refractivity contribution in [3.05, 3.63) is 93.4 Å². The smallest absolute Gasteiger partial charge is 0.341 e. The maximum absolute atomic E-state index is 13.6. The standard InChI is InChI=1S/C24H19BrN2O4/c1-2-30-24(29)20-19(16-11-6-7-12-17(16)25)21(26)23(28)27(15-9-4-3-5-10-15)22(20)18-13-8-14-31-18/h3-14H,2,26H2,1H3. The fraction of sp³-hybridized carbons (Fsp3) is 0.0833. The number of hydrogen-bond acceptors (Lipinski definition) is 5. The quantitative estimate of drug-likeness (QED) is 0.394. The number of rotatable bonds is 5. The molecule has 0 aliphatic carbocycles. The molecule has 31 heavy (non-hydrogen) atoms. The second kappa shape index (κ2) is 8.65. The number of hydrogen-bond donors (Lipinski definition) is 1. The lowest BCUT2D eigenvalue weighted by molar-refractivity contribution is 0.0527. The first kappa shape index (κ1) is 20.7. The lowest BCUT2D eigenvalue weighted by Gasteiger charge is -2.21. The monoisotopic (exact) mass is 478 g/mol. The van der Waals surface area contributed by atoms with Crippen molar-refractivity contribution in [1.82, 2.24) is 4.57 Å². The average Bonchev–Trinajstić information content (AvgIpc) is 3.31. The fourth-order valence-corrected chi connectivity index (χ4v) is 3.99. The first-order valence-corrected chi connectivity index (χ1v) is 10.4. The van der Waals surface area contributed by atoms with Crippen LogP contribution in [0.3, 0.4) is 0 Å². The van der Waals surface area contributed by atoms with E-state index in [9.17, 15) is 9.59 Å². The molecule has 0 aliphatic heterocycles. The zero-order chi connectivity index (χ0) is 22.0. The summed E-state index contributed by atoms with van der Waals surface area (Å²) in [5.41, 5.74) is 7.75. The van der Waals surface area contributed by atoms with Gasteiger partial charge in [-0.2, -0.15) is 0 Å². The number of ether oxygens (including phenoxy) is 1. The molecule has 7 heteroatoms. The van der Waals surface area contributed by atoms with Crippen LogP contribution in [0, 0.1) is 0 Å². The largest absolute Gasteiger partial charge is 0.463 e. The summed E-state index contributed by atoms with van der Waals surface area (Å²) in [5, 5.41) is 0. The molecule has 0 bridgehead atoms. The highest BCUT2D eigenvalue weighted by molar-refractivity contribution is 9.10. The minimum Gasteiger partial charge on any atom is -0.463 e. The van der Waals surface area contributed by atoms with E-state index in [1.54, 1.807) is 49.4 Å². The second-order valence-electron chi connectivity index (χ2n) is 6.67. The third kappa shape index (κ3) is 3.68. The van der Waals surface area contributed by atoms with E-state index in [-0.39, 0.29) is 23.6 Å². The van der Waals surface area contributed by atoms with Crippen LogP contribution in [0.15, 0.2) is 86.7 Å². The van der Waals surface area contributed by atoms with Crippen LogP contribution < -0.4 is 11.3 Å². The molecular weight excluding hydrogens is 460 g/mol. The number of nitrogens with two attached hydrogens (primary N) is 1. The second-order valence-corrected chi connectivity index (χ2v) is 7.52. The SMILES string of the molecule is CCOC(=O)c1c(-c2ccccc2Br)c(N)c(=O)n(-c2ccccc2)c1-c1ccco1. The number of benzene rings is 2. The number of furan rings is 1. The number of halogens is 1. The van der Waals surface area contributed by atoms with Crippen LogP contribution in [0.25, 0.3) is 28.3 Å². The number of nitrogens with zero attached hydrogens (tertiary/aromatic N) is 1. The van der Waals surface area contributed by atoms with E-state index < -0.39 is 11.5 Å². The molecule has 0 fully saturated rings. The van der Waals surface area contributed by atoms with Crippen molar-refractivity contribution >= 4 is 27.6 Å². The molecule has 0 amide bonds. The van der Waals surface area contributed by atoms with Gasteiger partial charge < -0.3 is 14.9 Å². The van der Waals surface area contributed by atoms with Crippen molar-refractivity contribution in [2.45, 2.75) is 6.92 Å². The molecule has 0 saturated carbocycles. The van der Waals surface area contributed by atoms with Crippen LogP contribution in [0.2, 0.25) is 0 Å². The van der Waals surface area contributed by atoms with Crippen LogP contribution in [0.4, 0.5) is 5.69 Å². The van der Waals surface area contributed by atoms with E-state index in [0.717, 1.165) is 0 Å². The highest BCUT2D eigenvalue weighted by Gasteiger charge is 2.30. The van der Waals surface area contributed by atoms with Gasteiger partial charge in [-0.15, -0.1) is 0 Å². The Kier molecular flexibility index (Phi) is 5.77. The van der Waals surface area contributed by atoms with Crippen LogP contribution in [-0.4, -0.2) is 17.1 Å². The van der Waals surface area contributed by atoms with Gasteiger partial charge in [-0.1, -0.05) is 52.3 Å². The predicted octanol–water partition coefficient (Wildman–Crippen LogP) is 5.29. The zero-order valence-electron chi connectivity index (χ0n) is 16.7. The lowest BCUT2D eigenvalue weighted by atomic mass is 9.95. The van der Waals surface area contributed by atoms with Crippen molar-refractivity contribution in [2.75, 3.05) is 12.3 Å². The van der Waals surface area contributed by atoms with Gasteiger partial charge in [0.05, 0.1) is 18.4 Å². The molecule has 0 atom stereocenters. The maximum Gasteiger partial charge on any atom is 0.341 e. The number of carbonyl (C=O) groups is 1. The van der Waals surface area contributed by atoms with Gasteiger partial charge in [0.2, 0.25) is 0 Å². The van der Waals surface area contributed by atoms with Gasteiger partial charge in [0, 0.05) is 15.7 Å². The Hall–Kier alpha value is -3.58. The molecule has 2 N–H and O–H groups in total. The first-order chi connectivity index (χ1) is 15.0. The molecule has 0 unspecified atom stereocenters. The van der Waals surface area contributed by atoms with Gasteiger partial charge in [-0.05, 0) is 42.8 Å². The first-order valence-electron chi connectivity index (χ1n) is 9.64. The Labute approximate surface area is 187 Å². The third-order valence-corrected chi connectivity index (χ3v) is 5.50. The number of esters is 1. The number of para-hydroxylation sites is 1. The molecule has 0 radical (unpaired) electrons. The minimum atomic E-state index is -0.601. The molecule has 0 spiro atoms. The van der Waals surface area contributed by atoms with Crippen molar-refractivity contribution in [3.8, 4) is 28.3 Å². The summed E-state index contributed by atoms with van der Waals surface area (Å²) in [6, 6.07) is 19.6. The van der Waals surface area contributed by atoms with Crippen LogP contribution in [0.5, 0.6) is 0 Å². The van der Waals surface area contributed by atoms with Crippen LogP contribution in [-0.2, 0) is 4.74 Å². The Morgan fingerprint density at radius 2 is 1.77 bits per heavy atom. The number of anilines is 1. The highest BCUT2D eigenvalue weighted by Crippen LogP contribution is 2.39. The maximum atomic E-state index is 13.6. The zero-order valence-corrected chi connectivity index (χ0v) is 18.3. The van der Waals surface area contributed by atoms with Crippen molar-refractivity contribution in [3.63, 3.8) is 0 Å². The predicted molar refractivity (Wildman–Crippen MR) is 123 cm³/mol. The van der Waals surface area contributed by atoms with Crippen molar-refractivity contribution in [1.29, 1.82) is 0 Å². The molecule has 6 nitrogen and oxygen atoms in total. The van der Waals surface area contributed by atoms with Gasteiger partial charge in [-0.25, -0.2) is 4.79 Å². The number of nitrogen functional groups attached to an aromatic ring is 1. The molecule has 0 aliphatic rings. The van der Waals surface area contributed by atoms with E-state index in [1.165, 1.54) is 10.8 Å². The highest BCUT2D eigenvalue weighted by atomic mass is 79.9. The van der Waals surface area contributed by atoms with E-state index in [0.29, 0.717) is 27.0 Å². The van der Waals surface area contributed by atoms with Gasteiger partial charge in [-0.3, -0.25) is 9.36 Å². The van der Waals surface area contributed by atoms with Gasteiger partial charge in [0.25, 0.3) is 5.56 Å². The average molecular weight is 479 g/mol. The van der Waals surface area contributed by atoms with Gasteiger partial charge in [0.15, 0.2) is 5.76 Å². The van der Waals surface area contributed by atoms with E-state index >= 15 is 0 Å². The Balaban J connectivity index is 2.22. The summed E-state index contributed by atoms with van der Waals surface area (Å²) < 4.78 is 13.1. The Bertz CT molecular complexity index is 1300. The van der Waals surface area contributed by atoms with E-state index in [4.69, 9.17) is 14.9 Å². The topological polar surface area (TPSA) is 87.5 Å². The molecule has 0 saturated heterocycles. The fourth-order valence-electron chi connectivity index (χ4n) is 3.51. The van der Waals surface area contributed by atoms with E-state index in [2.05, 4.69) is 15.9 Å². The molecule has 4 aromatic rings. The van der Waals surface area contributed by atoms with Gasteiger partial charge in [0.1, 0.15) is 11.4 Å². The van der Waals surface area contributed by atoms with Crippen LogP contribution >= 0.6 is 15.9 Å². The Morgan fingerprint density at radius 3 is 2.42 bits per heavy atom. The molecule has 2 aromatic heterocycles. The molecular formula is C24H19BrN2O4. The van der Waals surface area contributed by atoms with Gasteiger partial charge >= 0.3 is 5.97 Å². The lowest BCUT2D eigenvalue weighted by Crippen LogP contribution is -2.27. The molecule has 156 valence electrons. The van der Waals surface area contributed by atoms with E-state index in [1.807, 2.05) is 24.3 Å². The number of pyridine rings is 1. The summed E-state index contributed by atoms with van der Waals surface area (Å²) in [5.74, 6) is -0.256. The summed E-state index contributed by atoms with van der Waals surface area (Å²) in [7, 11) is 0. The summed E-state index contributed by atoms with van der Waals surface area (Å²) in [6.45, 7) is 1.88. The number of carbonyl (C=O) groups excluding carboxylic acids is 1. The number of aromatic nitrogens is 1. The minimum absolute atomic E-state index is 0.0610. The molecule has 2 heterocycles. The summed E-state index contributed by atoms with van der Waals surface area (Å²) >= 11 is 3.51. The normalized spacial score (nSPS) is 10.8. The van der Waals surface area contributed by atoms with Crippen LogP contribution in [0.1, 0.15) is 17.3 Å². The van der Waals surface area contributed by atoms with Crippen molar-refractivity contribution in [2.24, 2.45) is 0 Å². The third-order valence-electron chi connectivity index (χ3n) is 4.80. The Morgan fingerprint density at radius 1 is 1.06 bits per heavy atom. The summed E-state index contributed by atoms with van der Waals surface area (Å²) in [4.78, 5) is 26.8. The summed E-state index contributed by atoms with van der Waals surface area (Å²) in [6.07, 6.45) is 1.48. The van der Waals surface area contributed by atoms with Crippen molar-refractivity contribution < 1.29 is 13.9 Å². The molecule has 2 aromatic carbocycles. The molecule has 4 rings (SSSR count).